The minimum Gasteiger partial charge on any atom is -0.352 e. The number of pyridine rings is 1. The van der Waals surface area contributed by atoms with Gasteiger partial charge in [0.15, 0.2) is 21.3 Å². The summed E-state index contributed by atoms with van der Waals surface area (Å²) in [6.45, 7) is 5.42. The summed E-state index contributed by atoms with van der Waals surface area (Å²) in [5.41, 5.74) is 2.94. The van der Waals surface area contributed by atoms with Crippen molar-refractivity contribution in [1.29, 1.82) is 0 Å². The number of aryl methyl sites for hydroxylation is 3. The first-order chi connectivity index (χ1) is 18.0. The third kappa shape index (κ3) is 5.31. The fourth-order valence-corrected chi connectivity index (χ4v) is 5.53. The Morgan fingerprint density at radius 3 is 2.32 bits per heavy atom. The average molecular weight is 557 g/mol. The Bertz CT molecular complexity index is 1760. The molecular weight excluding hydrogens is 534 g/mol. The maximum atomic E-state index is 13.5. The summed E-state index contributed by atoms with van der Waals surface area (Å²) < 4.78 is 52.4. The number of aromatic nitrogens is 6. The highest BCUT2D eigenvalue weighted by Gasteiger charge is 2.21. The van der Waals surface area contributed by atoms with E-state index in [2.05, 4.69) is 40.5 Å². The first-order valence-electron chi connectivity index (χ1n) is 11.3. The van der Waals surface area contributed by atoms with Gasteiger partial charge in [-0.3, -0.25) is 0 Å². The summed E-state index contributed by atoms with van der Waals surface area (Å²) in [7, 11) is -3.69. The van der Waals surface area contributed by atoms with E-state index in [1.165, 1.54) is 17.4 Å². The zero-order chi connectivity index (χ0) is 27.2. The van der Waals surface area contributed by atoms with Crippen molar-refractivity contribution in [3.63, 3.8) is 0 Å². The van der Waals surface area contributed by atoms with Crippen LogP contribution < -0.4 is 10.6 Å². The van der Waals surface area contributed by atoms with Gasteiger partial charge in [-0.25, -0.2) is 42.1 Å². The number of hydrogen-bond acceptors (Lipinski definition) is 10. The van der Waals surface area contributed by atoms with Gasteiger partial charge in [0.1, 0.15) is 28.0 Å². The molecule has 5 rings (SSSR count). The van der Waals surface area contributed by atoms with E-state index in [1.54, 1.807) is 31.2 Å². The molecular formula is C24H22F2N8O2S2. The molecule has 0 radical (unpaired) electrons. The number of imidazole rings is 1. The van der Waals surface area contributed by atoms with Crippen molar-refractivity contribution in [3.05, 3.63) is 58.7 Å². The number of benzene rings is 1. The summed E-state index contributed by atoms with van der Waals surface area (Å²) in [6.07, 6.45) is -1.75. The number of anilines is 4. The van der Waals surface area contributed by atoms with Gasteiger partial charge in [0.25, 0.3) is 6.43 Å². The van der Waals surface area contributed by atoms with E-state index in [9.17, 15) is 17.2 Å². The average Bonchev–Trinajstić information content (AvgIpc) is 3.45. The molecule has 5 aromatic rings. The standard InChI is InChI=1S/C24H22F2N8O2S2/c1-11-7-18(29-13(3)27-11)31-19-9-16(20-22(32-19)34-23(33-20)21(25)26)30-15-6-5-14(8-17(15)38(4,35)36)24-28-12(2)10-37-24/h5-10,21H,1-4H3,(H3,27,29,30,31,32,33,34). The highest BCUT2D eigenvalue weighted by Crippen LogP contribution is 2.35. The van der Waals surface area contributed by atoms with Crippen LogP contribution in [0.15, 0.2) is 40.6 Å². The lowest BCUT2D eigenvalue weighted by Crippen LogP contribution is -2.05. The Hall–Kier alpha value is -4.04. The lowest BCUT2D eigenvalue weighted by molar-refractivity contribution is 0.142. The fourth-order valence-electron chi connectivity index (χ4n) is 3.88. The van der Waals surface area contributed by atoms with Crippen molar-refractivity contribution in [2.24, 2.45) is 0 Å². The van der Waals surface area contributed by atoms with Gasteiger partial charge >= 0.3 is 0 Å². The fraction of sp³-hybridized carbons (Fsp3) is 0.208. The first kappa shape index (κ1) is 25.6. The number of fused-ring (bicyclic) bond motifs is 1. The number of halogens is 2. The van der Waals surface area contributed by atoms with Crippen LogP contribution in [0.1, 0.15) is 29.5 Å². The Balaban J connectivity index is 1.61. The molecule has 14 heteroatoms. The van der Waals surface area contributed by atoms with Gasteiger partial charge in [0, 0.05) is 40.7 Å². The number of nitrogens with one attached hydrogen (secondary N) is 3. The van der Waals surface area contributed by atoms with E-state index in [0.717, 1.165) is 17.6 Å². The minimum atomic E-state index is -3.69. The molecule has 0 aliphatic carbocycles. The third-order valence-electron chi connectivity index (χ3n) is 5.42. The zero-order valence-electron chi connectivity index (χ0n) is 20.7. The van der Waals surface area contributed by atoms with Crippen LogP contribution in [0, 0.1) is 20.8 Å². The molecule has 0 fully saturated rings. The molecule has 0 unspecified atom stereocenters. The smallest absolute Gasteiger partial charge is 0.295 e. The molecule has 4 heterocycles. The van der Waals surface area contributed by atoms with Crippen molar-refractivity contribution >= 4 is 55.3 Å². The van der Waals surface area contributed by atoms with E-state index in [4.69, 9.17) is 0 Å². The second kappa shape index (κ2) is 9.68. The third-order valence-corrected chi connectivity index (χ3v) is 7.56. The number of nitrogens with zero attached hydrogens (tertiary/aromatic N) is 5. The SMILES string of the molecule is Cc1cc(Nc2cc(Nc3ccc(-c4nc(C)cs4)cc3S(C)(=O)=O)c3nc(C(F)F)[nH]c3n2)nc(C)n1. The van der Waals surface area contributed by atoms with Crippen molar-refractivity contribution in [3.8, 4) is 10.6 Å². The second-order valence-electron chi connectivity index (χ2n) is 8.64. The van der Waals surface area contributed by atoms with Crippen LogP contribution >= 0.6 is 11.3 Å². The maximum absolute atomic E-state index is 13.5. The van der Waals surface area contributed by atoms with Crippen LogP contribution in [0.4, 0.5) is 31.8 Å². The molecule has 0 spiro atoms. The van der Waals surface area contributed by atoms with Gasteiger partial charge in [-0.15, -0.1) is 11.3 Å². The van der Waals surface area contributed by atoms with Crippen molar-refractivity contribution < 1.29 is 17.2 Å². The van der Waals surface area contributed by atoms with E-state index in [1.807, 2.05) is 19.2 Å². The van der Waals surface area contributed by atoms with Crippen LogP contribution in [0.3, 0.4) is 0 Å². The number of hydrogen-bond donors (Lipinski definition) is 3. The second-order valence-corrected chi connectivity index (χ2v) is 11.5. The lowest BCUT2D eigenvalue weighted by atomic mass is 10.2. The molecule has 3 N–H and O–H groups in total. The number of thiazole rings is 1. The highest BCUT2D eigenvalue weighted by atomic mass is 32.2. The van der Waals surface area contributed by atoms with Crippen molar-refractivity contribution in [1.82, 2.24) is 29.9 Å². The molecule has 0 aliphatic heterocycles. The Kier molecular flexibility index (Phi) is 6.53. The topological polar surface area (TPSA) is 138 Å². The van der Waals surface area contributed by atoms with Crippen LogP contribution in [0.25, 0.3) is 21.7 Å². The first-order valence-corrected chi connectivity index (χ1v) is 14.0. The van der Waals surface area contributed by atoms with Crippen LogP contribution in [0.2, 0.25) is 0 Å². The maximum Gasteiger partial charge on any atom is 0.295 e. The van der Waals surface area contributed by atoms with Crippen molar-refractivity contribution in [2.45, 2.75) is 32.1 Å². The quantitative estimate of drug-likeness (QED) is 0.233. The zero-order valence-corrected chi connectivity index (χ0v) is 22.3. The molecule has 0 amide bonds. The molecule has 38 heavy (non-hydrogen) atoms. The molecule has 0 bridgehead atoms. The highest BCUT2D eigenvalue weighted by molar-refractivity contribution is 7.90. The van der Waals surface area contributed by atoms with Crippen LogP contribution in [-0.2, 0) is 9.84 Å². The van der Waals surface area contributed by atoms with Gasteiger partial charge in [-0.05, 0) is 39.0 Å². The van der Waals surface area contributed by atoms with Gasteiger partial charge < -0.3 is 15.6 Å². The Morgan fingerprint density at radius 1 is 0.895 bits per heavy atom. The number of sulfone groups is 1. The van der Waals surface area contributed by atoms with E-state index in [0.29, 0.717) is 22.2 Å². The molecule has 0 saturated heterocycles. The number of aromatic amines is 1. The molecule has 0 saturated carbocycles. The Morgan fingerprint density at radius 2 is 1.66 bits per heavy atom. The number of rotatable bonds is 7. The molecule has 1 aromatic carbocycles. The van der Waals surface area contributed by atoms with Gasteiger partial charge in [-0.1, -0.05) is 0 Å². The molecule has 10 nitrogen and oxygen atoms in total. The lowest BCUT2D eigenvalue weighted by Gasteiger charge is -2.14. The van der Waals surface area contributed by atoms with Gasteiger partial charge in [0.05, 0.1) is 16.3 Å². The van der Waals surface area contributed by atoms with Crippen LogP contribution in [-0.4, -0.2) is 44.6 Å². The number of H-pyrrole nitrogens is 1. The minimum absolute atomic E-state index is 0.0222. The monoisotopic (exact) mass is 556 g/mol. The van der Waals surface area contributed by atoms with E-state index in [-0.39, 0.29) is 33.3 Å². The predicted molar refractivity (Wildman–Crippen MR) is 142 cm³/mol. The largest absolute Gasteiger partial charge is 0.352 e. The molecule has 196 valence electrons. The van der Waals surface area contributed by atoms with E-state index < -0.39 is 22.1 Å². The number of alkyl halides is 2. The summed E-state index contributed by atoms with van der Waals surface area (Å²) in [5.74, 6) is 0.722. The summed E-state index contributed by atoms with van der Waals surface area (Å²) in [6, 6.07) is 8.16. The van der Waals surface area contributed by atoms with Gasteiger partial charge in [-0.2, -0.15) is 0 Å². The summed E-state index contributed by atoms with van der Waals surface area (Å²) >= 11 is 1.41. The summed E-state index contributed by atoms with van der Waals surface area (Å²) in [5, 5.41) is 8.69. The van der Waals surface area contributed by atoms with Crippen molar-refractivity contribution in [2.75, 3.05) is 16.9 Å². The Labute approximate surface area is 220 Å². The molecule has 4 aromatic heterocycles. The van der Waals surface area contributed by atoms with Crippen LogP contribution in [0.5, 0.6) is 0 Å². The predicted octanol–water partition coefficient (Wildman–Crippen LogP) is 5.62. The normalized spacial score (nSPS) is 11.9. The summed E-state index contributed by atoms with van der Waals surface area (Å²) in [4.78, 5) is 23.9. The van der Waals surface area contributed by atoms with E-state index >= 15 is 0 Å². The molecule has 0 aliphatic rings. The molecule has 0 atom stereocenters. The van der Waals surface area contributed by atoms with Gasteiger partial charge in [0.2, 0.25) is 0 Å².